The molecule has 1 aromatic heterocycles. The minimum atomic E-state index is -0.0844. The Morgan fingerprint density at radius 3 is 3.25 bits per heavy atom. The molecule has 0 aliphatic carbocycles. The highest BCUT2D eigenvalue weighted by atomic mass is 32.1. The number of nitrogens with zero attached hydrogens (tertiary/aromatic N) is 1. The number of nitrogens with one attached hydrogen (secondary N) is 1. The first-order chi connectivity index (χ1) is 5.83. The van der Waals surface area contributed by atoms with Gasteiger partial charge in [0.25, 0.3) is 0 Å². The zero-order valence-corrected chi connectivity index (χ0v) is 7.23. The number of hydrogen-bond donors (Lipinski definition) is 1. The van der Waals surface area contributed by atoms with Crippen molar-refractivity contribution >= 4 is 23.3 Å². The SMILES string of the molecule is C#CCCC(=O)Nc1ccsn1. The third-order valence-corrected chi connectivity index (χ3v) is 1.76. The lowest BCUT2D eigenvalue weighted by atomic mass is 10.3. The van der Waals surface area contributed by atoms with E-state index >= 15 is 0 Å². The van der Waals surface area contributed by atoms with Gasteiger partial charge < -0.3 is 5.32 Å². The van der Waals surface area contributed by atoms with E-state index in [1.54, 1.807) is 11.4 Å². The molecule has 0 unspecified atom stereocenters. The van der Waals surface area contributed by atoms with Crippen LogP contribution in [0.5, 0.6) is 0 Å². The molecule has 0 saturated carbocycles. The Labute approximate surface area is 75.0 Å². The average molecular weight is 180 g/mol. The van der Waals surface area contributed by atoms with Gasteiger partial charge in [0.2, 0.25) is 5.91 Å². The quantitative estimate of drug-likeness (QED) is 0.716. The van der Waals surface area contributed by atoms with Gasteiger partial charge in [0.1, 0.15) is 5.82 Å². The van der Waals surface area contributed by atoms with Crippen molar-refractivity contribution in [2.45, 2.75) is 12.8 Å². The fourth-order valence-electron chi connectivity index (χ4n) is 0.668. The van der Waals surface area contributed by atoms with Crippen LogP contribution in [0.25, 0.3) is 0 Å². The van der Waals surface area contributed by atoms with Gasteiger partial charge in [-0.2, -0.15) is 4.37 Å². The first-order valence-corrected chi connectivity index (χ1v) is 4.30. The molecule has 0 aliphatic heterocycles. The maximum atomic E-state index is 11.0. The molecule has 0 aliphatic rings. The van der Waals surface area contributed by atoms with Crippen molar-refractivity contribution in [1.29, 1.82) is 0 Å². The normalized spacial score (nSPS) is 8.92. The molecular weight excluding hydrogens is 172 g/mol. The summed E-state index contributed by atoms with van der Waals surface area (Å²) < 4.78 is 3.92. The molecule has 0 fully saturated rings. The van der Waals surface area contributed by atoms with Crippen LogP contribution in [-0.2, 0) is 4.79 Å². The molecule has 0 atom stereocenters. The van der Waals surface area contributed by atoms with E-state index in [0.717, 1.165) is 0 Å². The van der Waals surface area contributed by atoms with Gasteiger partial charge in [0.05, 0.1) is 0 Å². The highest BCUT2D eigenvalue weighted by Gasteiger charge is 2.01. The predicted octanol–water partition coefficient (Wildman–Crippen LogP) is 1.49. The standard InChI is InChI=1S/C8H8N2OS/c1-2-3-4-8(11)9-7-5-6-12-10-7/h1,5-6H,3-4H2,(H,9,10,11). The second kappa shape index (κ2) is 4.52. The van der Waals surface area contributed by atoms with Gasteiger partial charge in [-0.05, 0) is 17.6 Å². The number of aromatic nitrogens is 1. The second-order valence-electron chi connectivity index (χ2n) is 2.14. The van der Waals surface area contributed by atoms with Crippen LogP contribution >= 0.6 is 11.5 Å². The number of carbonyl (C=O) groups is 1. The van der Waals surface area contributed by atoms with E-state index in [4.69, 9.17) is 6.42 Å². The van der Waals surface area contributed by atoms with Crippen LogP contribution in [0.4, 0.5) is 5.82 Å². The monoisotopic (exact) mass is 180 g/mol. The Morgan fingerprint density at radius 2 is 2.67 bits per heavy atom. The maximum absolute atomic E-state index is 11.0. The Morgan fingerprint density at radius 1 is 1.83 bits per heavy atom. The van der Waals surface area contributed by atoms with Gasteiger partial charge in [-0.15, -0.1) is 12.3 Å². The van der Waals surface area contributed by atoms with Crippen LogP contribution in [-0.4, -0.2) is 10.3 Å². The van der Waals surface area contributed by atoms with Crippen molar-refractivity contribution in [2.75, 3.05) is 5.32 Å². The maximum Gasteiger partial charge on any atom is 0.226 e. The fraction of sp³-hybridized carbons (Fsp3) is 0.250. The number of amides is 1. The minimum Gasteiger partial charge on any atom is -0.310 e. The molecule has 1 heterocycles. The van der Waals surface area contributed by atoms with Crippen molar-refractivity contribution in [3.63, 3.8) is 0 Å². The zero-order valence-electron chi connectivity index (χ0n) is 6.41. The van der Waals surface area contributed by atoms with Gasteiger partial charge in [0, 0.05) is 18.2 Å². The summed E-state index contributed by atoms with van der Waals surface area (Å²) >= 11 is 1.30. The van der Waals surface area contributed by atoms with Crippen LogP contribution < -0.4 is 5.32 Å². The third-order valence-electron chi connectivity index (χ3n) is 1.20. The smallest absolute Gasteiger partial charge is 0.226 e. The van der Waals surface area contributed by atoms with E-state index in [1.165, 1.54) is 11.5 Å². The van der Waals surface area contributed by atoms with Crippen molar-refractivity contribution in [3.8, 4) is 12.3 Å². The van der Waals surface area contributed by atoms with E-state index in [9.17, 15) is 4.79 Å². The highest BCUT2D eigenvalue weighted by Crippen LogP contribution is 2.06. The topological polar surface area (TPSA) is 42.0 Å². The van der Waals surface area contributed by atoms with Gasteiger partial charge in [-0.3, -0.25) is 4.79 Å². The molecule has 1 rings (SSSR count). The molecule has 0 radical (unpaired) electrons. The zero-order chi connectivity index (χ0) is 8.81. The molecule has 0 saturated heterocycles. The summed E-state index contributed by atoms with van der Waals surface area (Å²) in [6, 6.07) is 1.75. The minimum absolute atomic E-state index is 0.0844. The van der Waals surface area contributed by atoms with Crippen molar-refractivity contribution in [3.05, 3.63) is 11.4 Å². The molecule has 62 valence electrons. The lowest BCUT2D eigenvalue weighted by molar-refractivity contribution is -0.116. The first-order valence-electron chi connectivity index (χ1n) is 3.46. The number of hydrogen-bond acceptors (Lipinski definition) is 3. The van der Waals surface area contributed by atoms with E-state index in [0.29, 0.717) is 18.7 Å². The van der Waals surface area contributed by atoms with Gasteiger partial charge >= 0.3 is 0 Å². The average Bonchev–Trinajstić information content (AvgIpc) is 2.53. The Balaban J connectivity index is 2.33. The summed E-state index contributed by atoms with van der Waals surface area (Å²) in [5, 5.41) is 4.42. The summed E-state index contributed by atoms with van der Waals surface area (Å²) in [5.74, 6) is 2.91. The van der Waals surface area contributed by atoms with Gasteiger partial charge in [-0.25, -0.2) is 0 Å². The molecule has 4 heteroatoms. The Hall–Kier alpha value is -1.34. The van der Waals surface area contributed by atoms with Crippen LogP contribution in [0.15, 0.2) is 11.4 Å². The second-order valence-corrected chi connectivity index (χ2v) is 2.80. The van der Waals surface area contributed by atoms with Crippen molar-refractivity contribution in [2.24, 2.45) is 0 Å². The molecule has 0 aromatic carbocycles. The first kappa shape index (κ1) is 8.75. The Bertz CT molecular complexity index is 287. The number of anilines is 1. The van der Waals surface area contributed by atoms with Crippen LogP contribution in [0, 0.1) is 12.3 Å². The summed E-state index contributed by atoms with van der Waals surface area (Å²) in [4.78, 5) is 11.0. The summed E-state index contributed by atoms with van der Waals surface area (Å²) in [7, 11) is 0. The third kappa shape index (κ3) is 2.72. The van der Waals surface area contributed by atoms with E-state index < -0.39 is 0 Å². The molecule has 1 amide bonds. The molecule has 3 nitrogen and oxygen atoms in total. The highest BCUT2D eigenvalue weighted by molar-refractivity contribution is 7.03. The molecule has 0 bridgehead atoms. The predicted molar refractivity (Wildman–Crippen MR) is 48.8 cm³/mol. The van der Waals surface area contributed by atoms with Crippen molar-refractivity contribution < 1.29 is 4.79 Å². The molecule has 1 aromatic rings. The number of carbonyl (C=O) groups excluding carboxylic acids is 1. The van der Waals surface area contributed by atoms with Crippen molar-refractivity contribution in [1.82, 2.24) is 4.37 Å². The molecule has 12 heavy (non-hydrogen) atoms. The van der Waals surface area contributed by atoms with Crippen LogP contribution in [0.2, 0.25) is 0 Å². The van der Waals surface area contributed by atoms with E-state index in [2.05, 4.69) is 15.6 Å². The van der Waals surface area contributed by atoms with E-state index in [-0.39, 0.29) is 5.91 Å². The molecule has 0 spiro atoms. The lowest BCUT2D eigenvalue weighted by Crippen LogP contribution is -2.10. The Kier molecular flexibility index (Phi) is 3.30. The molecule has 1 N–H and O–H groups in total. The molecular formula is C8H8N2OS. The summed E-state index contributed by atoms with van der Waals surface area (Å²) in [6.07, 6.45) is 5.83. The van der Waals surface area contributed by atoms with Crippen LogP contribution in [0.3, 0.4) is 0 Å². The number of terminal acetylenes is 1. The van der Waals surface area contributed by atoms with Gasteiger partial charge in [0.15, 0.2) is 0 Å². The van der Waals surface area contributed by atoms with Crippen LogP contribution in [0.1, 0.15) is 12.8 Å². The van der Waals surface area contributed by atoms with E-state index in [1.807, 2.05) is 0 Å². The lowest BCUT2D eigenvalue weighted by Gasteiger charge is -1.97. The van der Waals surface area contributed by atoms with Gasteiger partial charge in [-0.1, -0.05) is 0 Å². The largest absolute Gasteiger partial charge is 0.310 e. The summed E-state index contributed by atoms with van der Waals surface area (Å²) in [6.45, 7) is 0. The summed E-state index contributed by atoms with van der Waals surface area (Å²) in [5.41, 5.74) is 0. The fourth-order valence-corrected chi connectivity index (χ4v) is 1.14. The number of rotatable bonds is 3.